The van der Waals surface area contributed by atoms with Crippen molar-refractivity contribution >= 4 is 0 Å². The number of hydrogen-bond acceptors (Lipinski definition) is 2. The van der Waals surface area contributed by atoms with Gasteiger partial charge in [0.05, 0.1) is 0 Å². The summed E-state index contributed by atoms with van der Waals surface area (Å²) in [5.74, 6) is 1.04. The van der Waals surface area contributed by atoms with Crippen LogP contribution >= 0.6 is 0 Å². The van der Waals surface area contributed by atoms with Crippen LogP contribution in [0.4, 0.5) is 0 Å². The molecule has 1 aliphatic heterocycles. The fourth-order valence-corrected chi connectivity index (χ4v) is 2.81. The maximum atomic E-state index is 6.05. The second kappa shape index (κ2) is 5.31. The van der Waals surface area contributed by atoms with Gasteiger partial charge < -0.3 is 10.1 Å². The van der Waals surface area contributed by atoms with E-state index < -0.39 is 0 Å². The van der Waals surface area contributed by atoms with Crippen molar-refractivity contribution in [3.8, 4) is 5.75 Å². The molecule has 0 aromatic heterocycles. The first kappa shape index (κ1) is 13.4. The van der Waals surface area contributed by atoms with Crippen LogP contribution in [-0.4, -0.2) is 11.6 Å². The van der Waals surface area contributed by atoms with E-state index in [2.05, 4.69) is 51.2 Å². The Hall–Kier alpha value is -1.02. The predicted octanol–water partition coefficient (Wildman–Crippen LogP) is 4.07. The van der Waals surface area contributed by atoms with Crippen LogP contribution in [0.5, 0.6) is 5.75 Å². The first-order valence-electron chi connectivity index (χ1n) is 7.06. The summed E-state index contributed by atoms with van der Waals surface area (Å²) in [5, 5.41) is 3.75. The lowest BCUT2D eigenvalue weighted by molar-refractivity contribution is 0.0638. The molecule has 0 aliphatic carbocycles. The largest absolute Gasteiger partial charge is 0.487 e. The second-order valence-corrected chi connectivity index (χ2v) is 6.01. The van der Waals surface area contributed by atoms with E-state index in [1.54, 1.807) is 0 Å². The van der Waals surface area contributed by atoms with Gasteiger partial charge in [-0.25, -0.2) is 0 Å². The number of ether oxygens (including phenoxy) is 1. The molecule has 2 unspecified atom stereocenters. The molecule has 0 saturated carbocycles. The topological polar surface area (TPSA) is 21.3 Å². The van der Waals surface area contributed by atoms with Crippen molar-refractivity contribution in [2.24, 2.45) is 0 Å². The Morgan fingerprint density at radius 3 is 2.83 bits per heavy atom. The first-order valence-corrected chi connectivity index (χ1v) is 7.06. The van der Waals surface area contributed by atoms with Gasteiger partial charge in [0.15, 0.2) is 0 Å². The zero-order valence-corrected chi connectivity index (χ0v) is 12.0. The Morgan fingerprint density at radius 1 is 1.39 bits per heavy atom. The molecule has 0 radical (unpaired) electrons. The Morgan fingerprint density at radius 2 is 2.11 bits per heavy atom. The molecule has 0 amide bonds. The summed E-state index contributed by atoms with van der Waals surface area (Å²) in [6.45, 7) is 8.85. The number of benzene rings is 1. The minimum absolute atomic E-state index is 0.0854. The molecule has 1 aromatic rings. The van der Waals surface area contributed by atoms with Gasteiger partial charge in [0.2, 0.25) is 0 Å². The molecule has 0 spiro atoms. The van der Waals surface area contributed by atoms with Gasteiger partial charge in [-0.3, -0.25) is 0 Å². The van der Waals surface area contributed by atoms with E-state index in [0.717, 1.165) is 12.2 Å². The summed E-state index contributed by atoms with van der Waals surface area (Å²) in [5.41, 5.74) is 1.22. The van der Waals surface area contributed by atoms with Crippen LogP contribution in [0.2, 0.25) is 0 Å². The minimum atomic E-state index is -0.0854. The maximum Gasteiger partial charge on any atom is 0.124 e. The summed E-state index contributed by atoms with van der Waals surface area (Å²) in [6, 6.07) is 9.37. The van der Waals surface area contributed by atoms with E-state index in [1.165, 1.54) is 18.4 Å². The van der Waals surface area contributed by atoms with E-state index in [1.807, 2.05) is 6.07 Å². The molecule has 0 saturated heterocycles. The van der Waals surface area contributed by atoms with Gasteiger partial charge in [0, 0.05) is 24.1 Å². The molecular weight excluding hydrogens is 222 g/mol. The Bertz CT molecular complexity index is 400. The lowest BCUT2D eigenvalue weighted by Gasteiger charge is -2.39. The second-order valence-electron chi connectivity index (χ2n) is 6.01. The van der Waals surface area contributed by atoms with E-state index in [9.17, 15) is 0 Å². The van der Waals surface area contributed by atoms with Crippen molar-refractivity contribution in [3.63, 3.8) is 0 Å². The summed E-state index contributed by atoms with van der Waals surface area (Å²) >= 11 is 0. The quantitative estimate of drug-likeness (QED) is 0.866. The highest BCUT2D eigenvalue weighted by atomic mass is 16.5. The average molecular weight is 247 g/mol. The Kier molecular flexibility index (Phi) is 3.96. The van der Waals surface area contributed by atoms with Crippen LogP contribution in [0.1, 0.15) is 58.6 Å². The zero-order chi connectivity index (χ0) is 13.2. The Labute approximate surface area is 111 Å². The molecule has 1 aromatic carbocycles. The molecule has 1 heterocycles. The molecule has 1 N–H and O–H groups in total. The highest BCUT2D eigenvalue weighted by molar-refractivity contribution is 5.38. The van der Waals surface area contributed by atoms with E-state index in [0.29, 0.717) is 12.1 Å². The van der Waals surface area contributed by atoms with E-state index in [4.69, 9.17) is 4.74 Å². The number of rotatable bonds is 4. The fourth-order valence-electron chi connectivity index (χ4n) is 2.81. The summed E-state index contributed by atoms with van der Waals surface area (Å²) in [6.07, 6.45) is 3.47. The van der Waals surface area contributed by atoms with Gasteiger partial charge in [0.25, 0.3) is 0 Å². The molecule has 2 rings (SSSR count). The van der Waals surface area contributed by atoms with E-state index >= 15 is 0 Å². The third kappa shape index (κ3) is 3.05. The maximum absolute atomic E-state index is 6.05. The van der Waals surface area contributed by atoms with Crippen molar-refractivity contribution < 1.29 is 4.74 Å². The van der Waals surface area contributed by atoms with E-state index in [-0.39, 0.29) is 5.60 Å². The number of nitrogens with one attached hydrogen (secondary N) is 1. The summed E-state index contributed by atoms with van der Waals surface area (Å²) < 4.78 is 6.05. The molecule has 2 atom stereocenters. The number of fused-ring (bicyclic) bond motifs is 1. The van der Waals surface area contributed by atoms with Crippen molar-refractivity contribution in [2.45, 2.75) is 64.6 Å². The number of para-hydroxylation sites is 1. The molecule has 0 fully saturated rings. The van der Waals surface area contributed by atoms with Crippen LogP contribution < -0.4 is 10.1 Å². The van der Waals surface area contributed by atoms with Gasteiger partial charge in [-0.05, 0) is 33.3 Å². The third-order valence-electron chi connectivity index (χ3n) is 3.58. The molecule has 18 heavy (non-hydrogen) atoms. The molecule has 2 nitrogen and oxygen atoms in total. The predicted molar refractivity (Wildman–Crippen MR) is 76.0 cm³/mol. The van der Waals surface area contributed by atoms with Crippen molar-refractivity contribution in [1.82, 2.24) is 5.32 Å². The lowest BCUT2D eigenvalue weighted by atomic mass is 9.89. The monoisotopic (exact) mass is 247 g/mol. The SMILES string of the molecule is CCCC(C)NC1CC(C)(C)Oc2ccccc21. The van der Waals surface area contributed by atoms with Crippen LogP contribution in [0.25, 0.3) is 0 Å². The smallest absolute Gasteiger partial charge is 0.124 e. The standard InChI is InChI=1S/C16H25NO/c1-5-8-12(2)17-14-11-16(3,4)18-15-10-7-6-9-13(14)15/h6-7,9-10,12,14,17H,5,8,11H2,1-4H3. The zero-order valence-electron chi connectivity index (χ0n) is 12.0. The van der Waals surface area contributed by atoms with Gasteiger partial charge in [-0.2, -0.15) is 0 Å². The Balaban J connectivity index is 2.19. The van der Waals surface area contributed by atoms with Gasteiger partial charge in [-0.15, -0.1) is 0 Å². The normalized spacial score (nSPS) is 23.0. The lowest BCUT2D eigenvalue weighted by Crippen LogP contribution is -2.41. The van der Waals surface area contributed by atoms with Gasteiger partial charge in [-0.1, -0.05) is 31.5 Å². The highest BCUT2D eigenvalue weighted by Gasteiger charge is 2.33. The average Bonchev–Trinajstić information content (AvgIpc) is 2.27. The van der Waals surface area contributed by atoms with Crippen LogP contribution in [0, 0.1) is 0 Å². The van der Waals surface area contributed by atoms with Crippen LogP contribution in [0.15, 0.2) is 24.3 Å². The minimum Gasteiger partial charge on any atom is -0.487 e. The van der Waals surface area contributed by atoms with Crippen molar-refractivity contribution in [3.05, 3.63) is 29.8 Å². The van der Waals surface area contributed by atoms with Gasteiger partial charge >= 0.3 is 0 Å². The first-order chi connectivity index (χ1) is 8.52. The van der Waals surface area contributed by atoms with Crippen molar-refractivity contribution in [1.29, 1.82) is 0 Å². The molecule has 2 heteroatoms. The summed E-state index contributed by atoms with van der Waals surface area (Å²) in [4.78, 5) is 0. The molecular formula is C16H25NO. The van der Waals surface area contributed by atoms with Crippen LogP contribution in [-0.2, 0) is 0 Å². The molecule has 1 aliphatic rings. The molecule has 100 valence electrons. The van der Waals surface area contributed by atoms with Crippen molar-refractivity contribution in [2.75, 3.05) is 0 Å². The summed E-state index contributed by atoms with van der Waals surface area (Å²) in [7, 11) is 0. The third-order valence-corrected chi connectivity index (χ3v) is 3.58. The fraction of sp³-hybridized carbons (Fsp3) is 0.625. The van der Waals surface area contributed by atoms with Crippen LogP contribution in [0.3, 0.4) is 0 Å². The highest BCUT2D eigenvalue weighted by Crippen LogP contribution is 2.39. The number of hydrogen-bond donors (Lipinski definition) is 1. The van der Waals surface area contributed by atoms with Gasteiger partial charge in [0.1, 0.15) is 11.4 Å². The molecule has 0 bridgehead atoms.